The van der Waals surface area contributed by atoms with E-state index >= 15 is 0 Å². The number of aromatic nitrogens is 3. The first-order valence-electron chi connectivity index (χ1n) is 7.55. The van der Waals surface area contributed by atoms with Crippen LogP contribution in [0.25, 0.3) is 11.5 Å². The van der Waals surface area contributed by atoms with Gasteiger partial charge in [-0.3, -0.25) is 14.6 Å². The molecule has 1 aliphatic rings. The monoisotopic (exact) mass is 352 g/mol. The minimum atomic E-state index is -0.571. The topological polar surface area (TPSA) is 89.2 Å². The zero-order valence-corrected chi connectivity index (χ0v) is 13.7. The Morgan fingerprint density at radius 2 is 1.80 bits per heavy atom. The lowest BCUT2D eigenvalue weighted by Crippen LogP contribution is -2.30. The molecule has 2 amide bonds. The maximum Gasteiger partial charge on any atom is 0.277 e. The predicted molar refractivity (Wildman–Crippen MR) is 90.7 cm³/mol. The highest BCUT2D eigenvalue weighted by Gasteiger charge is 2.41. The van der Waals surface area contributed by atoms with Crippen LogP contribution in [0.4, 0.5) is 5.69 Å². The number of thioether (sulfide) groups is 1. The van der Waals surface area contributed by atoms with Crippen molar-refractivity contribution < 1.29 is 14.0 Å². The molecule has 25 heavy (non-hydrogen) atoms. The standard InChI is InChI=1S/C17H12N4O3S/c22-14-10-13(16(23)21(14)12-4-2-1-3-5-12)25-17-20-19-15(24-17)11-6-8-18-9-7-11/h1-9,13H,10H2. The van der Waals surface area contributed by atoms with E-state index in [4.69, 9.17) is 4.42 Å². The normalized spacial score (nSPS) is 17.3. The molecule has 2 aromatic heterocycles. The summed E-state index contributed by atoms with van der Waals surface area (Å²) in [7, 11) is 0. The van der Waals surface area contributed by atoms with Crippen molar-refractivity contribution in [2.45, 2.75) is 16.9 Å². The van der Waals surface area contributed by atoms with Crippen LogP contribution in [0.2, 0.25) is 0 Å². The molecule has 3 heterocycles. The molecule has 0 spiro atoms. The highest BCUT2D eigenvalue weighted by Crippen LogP contribution is 2.34. The molecule has 0 radical (unpaired) electrons. The molecule has 1 unspecified atom stereocenters. The average molecular weight is 352 g/mol. The second-order valence-electron chi connectivity index (χ2n) is 5.32. The van der Waals surface area contributed by atoms with Crippen LogP contribution >= 0.6 is 11.8 Å². The van der Waals surface area contributed by atoms with E-state index in [2.05, 4.69) is 15.2 Å². The summed E-state index contributed by atoms with van der Waals surface area (Å²) in [6, 6.07) is 12.4. The van der Waals surface area contributed by atoms with Crippen molar-refractivity contribution in [2.24, 2.45) is 0 Å². The summed E-state index contributed by atoms with van der Waals surface area (Å²) < 4.78 is 5.59. The van der Waals surface area contributed by atoms with Gasteiger partial charge in [0.25, 0.3) is 5.22 Å². The molecule has 3 aromatic rings. The third kappa shape index (κ3) is 3.03. The highest BCUT2D eigenvalue weighted by molar-refractivity contribution is 8.00. The molecule has 0 aliphatic carbocycles. The Morgan fingerprint density at radius 1 is 1.04 bits per heavy atom. The Bertz CT molecular complexity index is 914. The fourth-order valence-electron chi connectivity index (χ4n) is 2.53. The molecule has 1 aliphatic heterocycles. The van der Waals surface area contributed by atoms with Crippen LogP contribution in [0.3, 0.4) is 0 Å². The van der Waals surface area contributed by atoms with Gasteiger partial charge in [-0.1, -0.05) is 30.0 Å². The minimum absolute atomic E-state index is 0.103. The Balaban J connectivity index is 1.52. The van der Waals surface area contributed by atoms with Gasteiger partial charge in [-0.05, 0) is 24.3 Å². The van der Waals surface area contributed by atoms with E-state index in [-0.39, 0.29) is 23.5 Å². The van der Waals surface area contributed by atoms with Crippen molar-refractivity contribution in [2.75, 3.05) is 4.90 Å². The first-order valence-corrected chi connectivity index (χ1v) is 8.43. The first kappa shape index (κ1) is 15.5. The molecule has 1 fully saturated rings. The Morgan fingerprint density at radius 3 is 2.56 bits per heavy atom. The van der Waals surface area contributed by atoms with Crippen LogP contribution in [0.15, 0.2) is 64.5 Å². The molecule has 1 saturated heterocycles. The number of nitrogens with zero attached hydrogens (tertiary/aromatic N) is 4. The summed E-state index contributed by atoms with van der Waals surface area (Å²) in [6.45, 7) is 0. The molecule has 124 valence electrons. The number of amides is 2. The van der Waals surface area contributed by atoms with E-state index in [1.54, 1.807) is 48.8 Å². The molecule has 0 bridgehead atoms. The Hall–Kier alpha value is -3.00. The summed E-state index contributed by atoms with van der Waals surface area (Å²) in [6.07, 6.45) is 3.36. The zero-order chi connectivity index (χ0) is 17.2. The van der Waals surface area contributed by atoms with Crippen molar-refractivity contribution in [3.05, 3.63) is 54.9 Å². The second kappa shape index (κ2) is 6.48. The van der Waals surface area contributed by atoms with E-state index in [9.17, 15) is 9.59 Å². The minimum Gasteiger partial charge on any atom is -0.411 e. The van der Waals surface area contributed by atoms with E-state index in [0.717, 1.165) is 17.3 Å². The number of rotatable bonds is 4. The van der Waals surface area contributed by atoms with Crippen molar-refractivity contribution >= 4 is 29.3 Å². The fraction of sp³-hybridized carbons (Fsp3) is 0.118. The molecular weight excluding hydrogens is 340 g/mol. The highest BCUT2D eigenvalue weighted by atomic mass is 32.2. The van der Waals surface area contributed by atoms with Crippen LogP contribution in [0.5, 0.6) is 0 Å². The van der Waals surface area contributed by atoms with Crippen LogP contribution in [0.1, 0.15) is 6.42 Å². The van der Waals surface area contributed by atoms with E-state index < -0.39 is 5.25 Å². The third-order valence-electron chi connectivity index (χ3n) is 3.70. The number of carbonyl (C=O) groups excluding carboxylic acids is 2. The van der Waals surface area contributed by atoms with Gasteiger partial charge in [0.15, 0.2) is 0 Å². The van der Waals surface area contributed by atoms with Crippen molar-refractivity contribution in [1.29, 1.82) is 0 Å². The summed E-state index contributed by atoms with van der Waals surface area (Å²) in [5, 5.41) is 7.62. The van der Waals surface area contributed by atoms with Gasteiger partial charge in [0.2, 0.25) is 17.7 Å². The van der Waals surface area contributed by atoms with Crippen LogP contribution in [0, 0.1) is 0 Å². The summed E-state index contributed by atoms with van der Waals surface area (Å²) in [5.41, 5.74) is 1.32. The number of carbonyl (C=O) groups is 2. The van der Waals surface area contributed by atoms with Crippen molar-refractivity contribution in [3.8, 4) is 11.5 Å². The number of pyridine rings is 1. The van der Waals surface area contributed by atoms with Gasteiger partial charge in [0.05, 0.1) is 5.69 Å². The summed E-state index contributed by atoms with van der Waals surface area (Å²) >= 11 is 1.11. The van der Waals surface area contributed by atoms with E-state index in [1.165, 1.54) is 4.90 Å². The number of anilines is 1. The quantitative estimate of drug-likeness (QED) is 0.667. The predicted octanol–water partition coefficient (Wildman–Crippen LogP) is 2.56. The van der Waals surface area contributed by atoms with Crippen LogP contribution in [-0.2, 0) is 9.59 Å². The van der Waals surface area contributed by atoms with Crippen molar-refractivity contribution in [3.63, 3.8) is 0 Å². The number of hydrogen-bond acceptors (Lipinski definition) is 7. The van der Waals surface area contributed by atoms with Crippen molar-refractivity contribution in [1.82, 2.24) is 15.2 Å². The number of para-hydroxylation sites is 1. The SMILES string of the molecule is O=C1CC(Sc2nnc(-c3ccncc3)o2)C(=O)N1c1ccccc1. The fourth-order valence-corrected chi connectivity index (χ4v) is 3.43. The van der Waals surface area contributed by atoms with Crippen LogP contribution < -0.4 is 4.90 Å². The molecule has 7 nitrogen and oxygen atoms in total. The lowest BCUT2D eigenvalue weighted by atomic mass is 10.3. The molecular formula is C17H12N4O3S. The van der Waals surface area contributed by atoms with Gasteiger partial charge < -0.3 is 4.42 Å². The lowest BCUT2D eigenvalue weighted by molar-refractivity contribution is -0.121. The Labute approximate surface area is 147 Å². The molecule has 4 rings (SSSR count). The largest absolute Gasteiger partial charge is 0.411 e. The maximum atomic E-state index is 12.6. The summed E-state index contributed by atoms with van der Waals surface area (Å²) in [5.74, 6) is -0.158. The number of benzene rings is 1. The zero-order valence-electron chi connectivity index (χ0n) is 12.9. The van der Waals surface area contributed by atoms with Gasteiger partial charge in [-0.15, -0.1) is 10.2 Å². The molecule has 8 heteroatoms. The molecule has 1 aromatic carbocycles. The van der Waals surface area contributed by atoms with Crippen LogP contribution in [-0.4, -0.2) is 32.2 Å². The second-order valence-corrected chi connectivity index (χ2v) is 6.48. The van der Waals surface area contributed by atoms with Gasteiger partial charge in [0, 0.05) is 24.4 Å². The first-order chi connectivity index (χ1) is 12.2. The lowest BCUT2D eigenvalue weighted by Gasteiger charge is -2.13. The molecule has 0 saturated carbocycles. The third-order valence-corrected chi connectivity index (χ3v) is 4.72. The van der Waals surface area contributed by atoms with Gasteiger partial charge in [-0.2, -0.15) is 0 Å². The smallest absolute Gasteiger partial charge is 0.277 e. The average Bonchev–Trinajstić information content (AvgIpc) is 3.22. The van der Waals surface area contributed by atoms with E-state index in [0.29, 0.717) is 11.6 Å². The number of imide groups is 1. The number of hydrogen-bond donors (Lipinski definition) is 0. The molecule has 0 N–H and O–H groups in total. The maximum absolute atomic E-state index is 12.6. The Kier molecular flexibility index (Phi) is 4.02. The van der Waals surface area contributed by atoms with Gasteiger partial charge in [0.1, 0.15) is 5.25 Å². The molecule has 1 atom stereocenters. The van der Waals surface area contributed by atoms with Gasteiger partial charge in [-0.25, -0.2) is 4.90 Å². The summed E-state index contributed by atoms with van der Waals surface area (Å²) in [4.78, 5) is 30.0. The van der Waals surface area contributed by atoms with Gasteiger partial charge >= 0.3 is 0 Å². The van der Waals surface area contributed by atoms with E-state index in [1.807, 2.05) is 6.07 Å².